The van der Waals surface area contributed by atoms with Crippen LogP contribution in [0.25, 0.3) is 33.5 Å². The highest BCUT2D eigenvalue weighted by Crippen LogP contribution is 2.28. The van der Waals surface area contributed by atoms with Crippen molar-refractivity contribution in [3.63, 3.8) is 0 Å². The first-order chi connectivity index (χ1) is 16.4. The van der Waals surface area contributed by atoms with E-state index in [4.69, 9.17) is 0 Å². The van der Waals surface area contributed by atoms with Gasteiger partial charge in [0, 0.05) is 18.6 Å². The van der Waals surface area contributed by atoms with Gasteiger partial charge in [-0.15, -0.1) is 0 Å². The van der Waals surface area contributed by atoms with Crippen molar-refractivity contribution in [1.29, 1.82) is 0 Å². The molecule has 1 aromatic carbocycles. The molecule has 11 heteroatoms. The summed E-state index contributed by atoms with van der Waals surface area (Å²) in [5.41, 5.74) is 2.50. The van der Waals surface area contributed by atoms with Crippen molar-refractivity contribution in [2.45, 2.75) is 32.0 Å². The second-order valence-corrected chi connectivity index (χ2v) is 8.44. The van der Waals surface area contributed by atoms with Crippen LogP contribution >= 0.6 is 0 Å². The number of fused-ring (bicyclic) bond motifs is 2. The van der Waals surface area contributed by atoms with Crippen LogP contribution in [0.4, 0.5) is 8.78 Å². The molecule has 2 amide bonds. The molecule has 2 N–H and O–H groups in total. The second-order valence-electron chi connectivity index (χ2n) is 8.44. The molecule has 0 bridgehead atoms. The minimum atomic E-state index is -1.01. The number of benzene rings is 1. The molecule has 9 nitrogen and oxygen atoms in total. The average molecular weight is 467 g/mol. The van der Waals surface area contributed by atoms with E-state index in [0.717, 1.165) is 0 Å². The highest BCUT2D eigenvalue weighted by Gasteiger charge is 2.35. The van der Waals surface area contributed by atoms with E-state index in [1.807, 2.05) is 6.92 Å². The normalized spacial score (nSPS) is 15.0. The van der Waals surface area contributed by atoms with Crippen molar-refractivity contribution in [1.82, 2.24) is 34.9 Å². The SMILES string of the molecule is CCCC(NC(=O)c1c[nH]c2ncc(-c3nn(C)c4cc(F)ccc34)nc12)C(=O)N1CC(F)C1. The lowest BCUT2D eigenvalue weighted by Crippen LogP contribution is -2.58. The molecular weight excluding hydrogens is 444 g/mol. The van der Waals surface area contributed by atoms with Gasteiger partial charge in [-0.2, -0.15) is 5.10 Å². The topological polar surface area (TPSA) is 109 Å². The van der Waals surface area contributed by atoms with Crippen LogP contribution in [-0.2, 0) is 11.8 Å². The van der Waals surface area contributed by atoms with Crippen molar-refractivity contribution in [3.8, 4) is 11.4 Å². The molecule has 5 rings (SSSR count). The molecule has 1 atom stereocenters. The van der Waals surface area contributed by atoms with Crippen LogP contribution < -0.4 is 5.32 Å². The van der Waals surface area contributed by atoms with Gasteiger partial charge in [0.05, 0.1) is 30.4 Å². The smallest absolute Gasteiger partial charge is 0.255 e. The Bertz CT molecular complexity index is 1410. The van der Waals surface area contributed by atoms with Gasteiger partial charge in [-0.1, -0.05) is 13.3 Å². The summed E-state index contributed by atoms with van der Waals surface area (Å²) < 4.78 is 28.5. The van der Waals surface area contributed by atoms with Gasteiger partial charge in [0.1, 0.15) is 34.9 Å². The monoisotopic (exact) mass is 467 g/mol. The first-order valence-corrected chi connectivity index (χ1v) is 11.1. The van der Waals surface area contributed by atoms with Gasteiger partial charge < -0.3 is 15.2 Å². The van der Waals surface area contributed by atoms with E-state index >= 15 is 0 Å². The van der Waals surface area contributed by atoms with Crippen molar-refractivity contribution in [2.24, 2.45) is 7.05 Å². The lowest BCUT2D eigenvalue weighted by Gasteiger charge is -2.36. The summed E-state index contributed by atoms with van der Waals surface area (Å²) in [4.78, 5) is 39.1. The number of H-pyrrole nitrogens is 1. The van der Waals surface area contributed by atoms with Crippen molar-refractivity contribution in [2.75, 3.05) is 13.1 Å². The number of rotatable bonds is 6. The minimum absolute atomic E-state index is 0.0543. The van der Waals surface area contributed by atoms with E-state index < -0.39 is 18.1 Å². The van der Waals surface area contributed by atoms with Crippen molar-refractivity contribution >= 4 is 33.9 Å². The molecule has 176 valence electrons. The van der Waals surface area contributed by atoms with Gasteiger partial charge >= 0.3 is 0 Å². The van der Waals surface area contributed by atoms with Gasteiger partial charge in [0.15, 0.2) is 5.65 Å². The van der Waals surface area contributed by atoms with Crippen LogP contribution in [0.1, 0.15) is 30.1 Å². The van der Waals surface area contributed by atoms with Crippen LogP contribution in [-0.4, -0.2) is 66.7 Å². The Balaban J connectivity index is 1.46. The molecule has 4 heterocycles. The van der Waals surface area contributed by atoms with Gasteiger partial charge in [0.2, 0.25) is 5.91 Å². The predicted molar refractivity (Wildman–Crippen MR) is 121 cm³/mol. The van der Waals surface area contributed by atoms with Gasteiger partial charge in [-0.25, -0.2) is 18.7 Å². The molecule has 0 saturated carbocycles. The molecule has 0 aliphatic carbocycles. The highest BCUT2D eigenvalue weighted by atomic mass is 19.1. The number of likely N-dealkylation sites (tertiary alicyclic amines) is 1. The molecule has 3 aromatic heterocycles. The number of halogens is 2. The maximum absolute atomic E-state index is 13.7. The number of alkyl halides is 1. The lowest BCUT2D eigenvalue weighted by molar-refractivity contribution is -0.140. The Kier molecular flexibility index (Phi) is 5.46. The van der Waals surface area contributed by atoms with E-state index in [2.05, 4.69) is 25.4 Å². The van der Waals surface area contributed by atoms with Crippen LogP contribution in [0, 0.1) is 5.82 Å². The van der Waals surface area contributed by atoms with E-state index in [1.54, 1.807) is 17.8 Å². The molecule has 0 radical (unpaired) electrons. The predicted octanol–water partition coefficient (Wildman–Crippen LogP) is 2.73. The number of aromatic amines is 1. The van der Waals surface area contributed by atoms with E-state index in [0.29, 0.717) is 46.3 Å². The van der Waals surface area contributed by atoms with E-state index in [9.17, 15) is 18.4 Å². The van der Waals surface area contributed by atoms with Crippen LogP contribution in [0.2, 0.25) is 0 Å². The molecule has 0 spiro atoms. The molecular formula is C23H23F2N7O2. The summed E-state index contributed by atoms with van der Waals surface area (Å²) in [6, 6.07) is 3.62. The standard InChI is InChI=1S/C23H23F2N7O2/c1-3-4-16(23(34)32-10-13(25)11-32)29-22(33)15-8-26-21-20(15)28-17(9-27-21)19-14-6-5-12(24)7-18(14)31(2)30-19/h5-9,13,16H,3-4,10-11H2,1-2H3,(H,26,27)(H,29,33). The number of amides is 2. The number of hydrogen-bond acceptors (Lipinski definition) is 5. The number of carbonyl (C=O) groups excluding carboxylic acids is 2. The van der Waals surface area contributed by atoms with Crippen molar-refractivity contribution in [3.05, 3.63) is 42.0 Å². The fourth-order valence-electron chi connectivity index (χ4n) is 4.21. The summed E-state index contributed by atoms with van der Waals surface area (Å²) in [5.74, 6) is -1.14. The third-order valence-corrected chi connectivity index (χ3v) is 6.01. The highest BCUT2D eigenvalue weighted by molar-refractivity contribution is 6.06. The largest absolute Gasteiger partial charge is 0.344 e. The first kappa shape index (κ1) is 21.9. The van der Waals surface area contributed by atoms with Crippen LogP contribution in [0.3, 0.4) is 0 Å². The molecule has 1 saturated heterocycles. The fraction of sp³-hybridized carbons (Fsp3) is 0.348. The quantitative estimate of drug-likeness (QED) is 0.453. The van der Waals surface area contributed by atoms with E-state index in [1.165, 1.54) is 29.4 Å². The number of nitrogens with one attached hydrogen (secondary N) is 2. The maximum atomic E-state index is 13.7. The summed E-state index contributed by atoms with van der Waals surface area (Å²) in [7, 11) is 1.71. The molecule has 1 fully saturated rings. The average Bonchev–Trinajstić information content (AvgIpc) is 3.36. The minimum Gasteiger partial charge on any atom is -0.344 e. The number of aromatic nitrogens is 5. The van der Waals surface area contributed by atoms with Gasteiger partial charge in [-0.3, -0.25) is 14.3 Å². The zero-order valence-corrected chi connectivity index (χ0v) is 18.7. The van der Waals surface area contributed by atoms with Gasteiger partial charge in [0.25, 0.3) is 5.91 Å². The fourth-order valence-corrected chi connectivity index (χ4v) is 4.21. The Morgan fingerprint density at radius 2 is 2.12 bits per heavy atom. The number of nitrogens with zero attached hydrogens (tertiary/aromatic N) is 5. The number of hydrogen-bond donors (Lipinski definition) is 2. The third kappa shape index (κ3) is 3.76. The van der Waals surface area contributed by atoms with Crippen LogP contribution in [0.5, 0.6) is 0 Å². The summed E-state index contributed by atoms with van der Waals surface area (Å²) in [6.45, 7) is 2.02. The third-order valence-electron chi connectivity index (χ3n) is 6.01. The Hall–Kier alpha value is -3.89. The zero-order valence-electron chi connectivity index (χ0n) is 18.7. The summed E-state index contributed by atoms with van der Waals surface area (Å²) in [6.07, 6.45) is 3.13. The zero-order chi connectivity index (χ0) is 24.0. The number of aryl methyl sites for hydroxylation is 1. The number of carbonyl (C=O) groups is 2. The Labute approximate surface area is 193 Å². The Morgan fingerprint density at radius 1 is 1.32 bits per heavy atom. The van der Waals surface area contributed by atoms with Crippen LogP contribution in [0.15, 0.2) is 30.6 Å². The molecule has 1 aliphatic rings. The van der Waals surface area contributed by atoms with E-state index in [-0.39, 0.29) is 30.4 Å². The lowest BCUT2D eigenvalue weighted by atomic mass is 10.1. The van der Waals surface area contributed by atoms with Crippen molar-refractivity contribution < 1.29 is 18.4 Å². The first-order valence-electron chi connectivity index (χ1n) is 11.1. The molecule has 34 heavy (non-hydrogen) atoms. The molecule has 1 aliphatic heterocycles. The Morgan fingerprint density at radius 3 is 2.85 bits per heavy atom. The molecule has 4 aromatic rings. The summed E-state index contributed by atoms with van der Waals surface area (Å²) in [5, 5.41) is 7.94. The summed E-state index contributed by atoms with van der Waals surface area (Å²) >= 11 is 0. The second kappa shape index (κ2) is 8.47. The maximum Gasteiger partial charge on any atom is 0.255 e. The molecule has 1 unspecified atom stereocenters. The van der Waals surface area contributed by atoms with Gasteiger partial charge in [-0.05, 0) is 24.6 Å².